The van der Waals surface area contributed by atoms with Crippen molar-refractivity contribution in [2.45, 2.75) is 31.5 Å². The zero-order valence-electron chi connectivity index (χ0n) is 15.9. The molecule has 4 rings (SSSR count). The molecule has 29 heavy (non-hydrogen) atoms. The third kappa shape index (κ3) is 4.29. The van der Waals surface area contributed by atoms with Crippen molar-refractivity contribution in [2.75, 3.05) is 25.6 Å². The SMILES string of the molecule is COc1ccc(-c2nnc(NC3CCOCC3)n3cccc23)c(CC(F)(F)F)c1. The maximum atomic E-state index is 13.1. The number of methoxy groups -OCH3 is 1. The van der Waals surface area contributed by atoms with Gasteiger partial charge in [-0.3, -0.25) is 4.40 Å². The van der Waals surface area contributed by atoms with Crippen LogP contribution in [0.2, 0.25) is 0 Å². The van der Waals surface area contributed by atoms with Crippen LogP contribution in [0.5, 0.6) is 5.75 Å². The lowest BCUT2D eigenvalue weighted by molar-refractivity contribution is -0.127. The van der Waals surface area contributed by atoms with E-state index in [0.29, 0.717) is 41.7 Å². The molecule has 0 unspecified atom stereocenters. The van der Waals surface area contributed by atoms with E-state index < -0.39 is 12.6 Å². The number of halogens is 3. The van der Waals surface area contributed by atoms with Crippen molar-refractivity contribution in [3.63, 3.8) is 0 Å². The largest absolute Gasteiger partial charge is 0.497 e. The molecule has 1 N–H and O–H groups in total. The number of anilines is 1. The summed E-state index contributed by atoms with van der Waals surface area (Å²) in [6, 6.07) is 8.49. The van der Waals surface area contributed by atoms with E-state index in [4.69, 9.17) is 9.47 Å². The predicted molar refractivity (Wildman–Crippen MR) is 102 cm³/mol. The van der Waals surface area contributed by atoms with Gasteiger partial charge in [0.1, 0.15) is 11.4 Å². The molecule has 0 atom stereocenters. The fraction of sp³-hybridized carbons (Fsp3) is 0.400. The molecule has 0 aliphatic carbocycles. The maximum Gasteiger partial charge on any atom is 0.393 e. The number of nitrogens with one attached hydrogen (secondary N) is 1. The zero-order valence-corrected chi connectivity index (χ0v) is 15.9. The zero-order chi connectivity index (χ0) is 20.4. The summed E-state index contributed by atoms with van der Waals surface area (Å²) in [5, 5.41) is 11.9. The molecule has 6 nitrogen and oxygen atoms in total. The van der Waals surface area contributed by atoms with Crippen molar-refractivity contribution in [3.8, 4) is 17.0 Å². The number of ether oxygens (including phenoxy) is 2. The van der Waals surface area contributed by atoms with E-state index in [2.05, 4.69) is 15.5 Å². The summed E-state index contributed by atoms with van der Waals surface area (Å²) in [6.07, 6.45) is -1.88. The lowest BCUT2D eigenvalue weighted by Crippen LogP contribution is -2.29. The first-order chi connectivity index (χ1) is 13.9. The molecule has 1 saturated heterocycles. The smallest absolute Gasteiger partial charge is 0.393 e. The Morgan fingerprint density at radius 1 is 1.21 bits per heavy atom. The number of hydrogen-bond donors (Lipinski definition) is 1. The number of fused-ring (bicyclic) bond motifs is 1. The van der Waals surface area contributed by atoms with E-state index >= 15 is 0 Å². The number of benzene rings is 1. The van der Waals surface area contributed by atoms with Crippen molar-refractivity contribution >= 4 is 11.5 Å². The Morgan fingerprint density at radius 2 is 2.00 bits per heavy atom. The quantitative estimate of drug-likeness (QED) is 0.691. The van der Waals surface area contributed by atoms with E-state index in [9.17, 15) is 13.2 Å². The maximum absolute atomic E-state index is 13.1. The van der Waals surface area contributed by atoms with Gasteiger partial charge in [-0.05, 0) is 48.7 Å². The average molecular weight is 406 g/mol. The van der Waals surface area contributed by atoms with Gasteiger partial charge in [-0.2, -0.15) is 13.2 Å². The summed E-state index contributed by atoms with van der Waals surface area (Å²) in [6.45, 7) is 1.37. The van der Waals surface area contributed by atoms with Gasteiger partial charge in [0.25, 0.3) is 0 Å². The number of rotatable bonds is 5. The Morgan fingerprint density at radius 3 is 2.72 bits per heavy atom. The molecule has 9 heteroatoms. The van der Waals surface area contributed by atoms with Crippen molar-refractivity contribution in [2.24, 2.45) is 0 Å². The lowest BCUT2D eigenvalue weighted by Gasteiger charge is -2.24. The molecule has 1 aliphatic heterocycles. The Balaban J connectivity index is 1.75. The van der Waals surface area contributed by atoms with Crippen LogP contribution in [0.1, 0.15) is 18.4 Å². The van der Waals surface area contributed by atoms with Crippen molar-refractivity contribution < 1.29 is 22.6 Å². The minimum absolute atomic E-state index is 0.0967. The second-order valence-electron chi connectivity index (χ2n) is 6.98. The lowest BCUT2D eigenvalue weighted by atomic mass is 10.0. The monoisotopic (exact) mass is 406 g/mol. The van der Waals surface area contributed by atoms with Crippen LogP contribution in [0.4, 0.5) is 19.1 Å². The normalized spacial score (nSPS) is 15.6. The molecular formula is C20H21F3N4O2. The van der Waals surface area contributed by atoms with Gasteiger partial charge >= 0.3 is 6.18 Å². The molecule has 0 radical (unpaired) electrons. The van der Waals surface area contributed by atoms with Crippen LogP contribution in [0.25, 0.3) is 16.8 Å². The van der Waals surface area contributed by atoms with Gasteiger partial charge < -0.3 is 14.8 Å². The molecule has 1 aliphatic rings. The van der Waals surface area contributed by atoms with Crippen LogP contribution in [0, 0.1) is 0 Å². The first-order valence-electron chi connectivity index (χ1n) is 9.36. The van der Waals surface area contributed by atoms with E-state index in [1.807, 2.05) is 22.7 Å². The average Bonchev–Trinajstić information content (AvgIpc) is 3.18. The van der Waals surface area contributed by atoms with Crippen LogP contribution in [-0.4, -0.2) is 47.1 Å². The van der Waals surface area contributed by atoms with Gasteiger partial charge in [0.2, 0.25) is 5.95 Å². The highest BCUT2D eigenvalue weighted by Gasteiger charge is 2.30. The van der Waals surface area contributed by atoms with Crippen molar-refractivity contribution in [1.29, 1.82) is 0 Å². The number of alkyl halides is 3. The molecule has 3 aromatic rings. The van der Waals surface area contributed by atoms with Crippen LogP contribution < -0.4 is 10.1 Å². The molecule has 1 fully saturated rings. The standard InChI is InChI=1S/C20H21F3N4O2/c1-28-15-4-5-16(13(11-15)12-20(21,22)23)18-17-3-2-8-27(17)19(26-25-18)24-14-6-9-29-10-7-14/h2-5,8,11,14H,6-7,9-10,12H2,1H3,(H,24,26). The van der Waals surface area contributed by atoms with Gasteiger partial charge in [-0.1, -0.05) is 0 Å². The Bertz CT molecular complexity index is 997. The summed E-state index contributed by atoms with van der Waals surface area (Å²) in [5.74, 6) is 0.927. The molecule has 3 heterocycles. The minimum atomic E-state index is -4.35. The summed E-state index contributed by atoms with van der Waals surface area (Å²) in [7, 11) is 1.42. The van der Waals surface area contributed by atoms with Crippen LogP contribution >= 0.6 is 0 Å². The number of aromatic nitrogens is 3. The van der Waals surface area contributed by atoms with Crippen LogP contribution in [0.3, 0.4) is 0 Å². The fourth-order valence-corrected chi connectivity index (χ4v) is 3.56. The molecule has 1 aromatic carbocycles. The predicted octanol–water partition coefficient (Wildman–Crippen LogP) is 4.10. The van der Waals surface area contributed by atoms with Gasteiger partial charge in [0.05, 0.1) is 19.0 Å². The van der Waals surface area contributed by atoms with Crippen LogP contribution in [0.15, 0.2) is 36.5 Å². The topological polar surface area (TPSA) is 60.7 Å². The highest BCUT2D eigenvalue weighted by Crippen LogP contribution is 2.34. The first-order valence-corrected chi connectivity index (χ1v) is 9.36. The molecule has 2 aromatic heterocycles. The summed E-state index contributed by atoms with van der Waals surface area (Å²) in [5.41, 5.74) is 1.56. The second kappa shape index (κ2) is 7.90. The highest BCUT2D eigenvalue weighted by atomic mass is 19.4. The summed E-state index contributed by atoms with van der Waals surface area (Å²) >= 11 is 0. The van der Waals surface area contributed by atoms with Gasteiger partial charge in [-0.15, -0.1) is 10.2 Å². The minimum Gasteiger partial charge on any atom is -0.497 e. The van der Waals surface area contributed by atoms with Crippen molar-refractivity contribution in [1.82, 2.24) is 14.6 Å². The third-order valence-corrected chi connectivity index (χ3v) is 4.98. The number of hydrogen-bond acceptors (Lipinski definition) is 5. The molecule has 154 valence electrons. The van der Waals surface area contributed by atoms with Gasteiger partial charge in [-0.25, -0.2) is 0 Å². The Kier molecular flexibility index (Phi) is 5.31. The first kappa shape index (κ1) is 19.5. The Labute approximate surface area is 165 Å². The van der Waals surface area contributed by atoms with E-state index in [1.54, 1.807) is 12.1 Å². The van der Waals surface area contributed by atoms with E-state index in [-0.39, 0.29) is 11.6 Å². The fourth-order valence-electron chi connectivity index (χ4n) is 3.56. The van der Waals surface area contributed by atoms with Crippen LogP contribution in [-0.2, 0) is 11.2 Å². The summed E-state index contributed by atoms with van der Waals surface area (Å²) in [4.78, 5) is 0. The van der Waals surface area contributed by atoms with E-state index in [0.717, 1.165) is 12.8 Å². The third-order valence-electron chi connectivity index (χ3n) is 4.98. The molecular weight excluding hydrogens is 385 g/mol. The number of nitrogens with zero attached hydrogens (tertiary/aromatic N) is 3. The van der Waals surface area contributed by atoms with Gasteiger partial charge in [0.15, 0.2) is 0 Å². The van der Waals surface area contributed by atoms with E-state index in [1.165, 1.54) is 13.2 Å². The molecule has 0 bridgehead atoms. The summed E-state index contributed by atoms with van der Waals surface area (Å²) < 4.78 is 51.7. The van der Waals surface area contributed by atoms with Gasteiger partial charge in [0, 0.05) is 31.0 Å². The highest BCUT2D eigenvalue weighted by molar-refractivity contribution is 5.80. The Hall–Kier alpha value is -2.81. The molecule has 0 saturated carbocycles. The molecule has 0 amide bonds. The molecule has 0 spiro atoms. The van der Waals surface area contributed by atoms with Crippen molar-refractivity contribution in [3.05, 3.63) is 42.1 Å². The second-order valence-corrected chi connectivity index (χ2v) is 6.98.